The lowest BCUT2D eigenvalue weighted by Gasteiger charge is -2.39. The Balaban J connectivity index is 1.59. The highest BCUT2D eigenvalue weighted by Crippen LogP contribution is 2.60. The van der Waals surface area contributed by atoms with Crippen molar-refractivity contribution >= 4 is 11.9 Å². The molecular weight excluding hydrogens is 797 g/mol. The second-order valence-electron chi connectivity index (χ2n) is 12.4. The quantitative estimate of drug-likeness (QED) is 0.0553. The Morgan fingerprint density at radius 1 is 0.625 bits per heavy atom. The molecule has 0 aliphatic rings. The zero-order valence-electron chi connectivity index (χ0n) is 29.0. The van der Waals surface area contributed by atoms with Gasteiger partial charge in [0.05, 0.1) is 30.3 Å². The SMILES string of the molecule is CCCCCCC(C)Oc1ccc(-c2ccc(C(=O)Oc3ccc(C(=O)OCCC(F)(F)C(F)(F)C(F)(F)C(F)(F)C(F)(F)C(F)(F)F)cc3)cc2)c(F)c1F. The molecule has 0 aliphatic carbocycles. The molecule has 0 radical (unpaired) electrons. The first kappa shape index (κ1) is 45.7. The fourth-order valence-corrected chi connectivity index (χ4v) is 4.91. The molecule has 310 valence electrons. The number of rotatable bonds is 18. The van der Waals surface area contributed by atoms with Crippen molar-refractivity contribution in [2.75, 3.05) is 6.61 Å². The van der Waals surface area contributed by atoms with Crippen LogP contribution in [0.1, 0.15) is 73.1 Å². The van der Waals surface area contributed by atoms with E-state index in [2.05, 4.69) is 11.7 Å². The summed E-state index contributed by atoms with van der Waals surface area (Å²) in [5.41, 5.74) is -0.636. The summed E-state index contributed by atoms with van der Waals surface area (Å²) in [6.07, 6.45) is -6.07. The average molecular weight is 829 g/mol. The van der Waals surface area contributed by atoms with E-state index in [9.17, 15) is 75.4 Å². The molecule has 0 saturated heterocycles. The van der Waals surface area contributed by atoms with Crippen molar-refractivity contribution in [1.82, 2.24) is 0 Å². The molecule has 0 N–H and O–H groups in total. The first-order valence-corrected chi connectivity index (χ1v) is 16.4. The third kappa shape index (κ3) is 9.47. The number of esters is 2. The van der Waals surface area contributed by atoms with E-state index in [1.165, 1.54) is 36.4 Å². The monoisotopic (exact) mass is 828 g/mol. The summed E-state index contributed by atoms with van der Waals surface area (Å²) in [6.45, 7) is 1.85. The van der Waals surface area contributed by atoms with Crippen LogP contribution in [-0.4, -0.2) is 60.4 Å². The van der Waals surface area contributed by atoms with E-state index in [1.54, 1.807) is 6.92 Å². The van der Waals surface area contributed by atoms with Crippen molar-refractivity contribution in [1.29, 1.82) is 0 Å². The van der Waals surface area contributed by atoms with Gasteiger partial charge in [0, 0.05) is 5.56 Å². The number of alkyl halides is 13. The first-order chi connectivity index (χ1) is 25.7. The predicted octanol–water partition coefficient (Wildman–Crippen LogP) is 11.9. The van der Waals surface area contributed by atoms with Crippen molar-refractivity contribution in [2.45, 2.75) is 94.3 Å². The van der Waals surface area contributed by atoms with Gasteiger partial charge in [-0.15, -0.1) is 0 Å². The van der Waals surface area contributed by atoms with Crippen LogP contribution in [-0.2, 0) is 4.74 Å². The molecule has 0 saturated carbocycles. The molecule has 1 atom stereocenters. The zero-order chi connectivity index (χ0) is 42.5. The Morgan fingerprint density at radius 3 is 1.71 bits per heavy atom. The van der Waals surface area contributed by atoms with E-state index in [4.69, 9.17) is 9.47 Å². The molecule has 0 aliphatic heterocycles. The van der Waals surface area contributed by atoms with Gasteiger partial charge in [0.25, 0.3) is 0 Å². The van der Waals surface area contributed by atoms with Gasteiger partial charge in [-0.1, -0.05) is 38.3 Å². The van der Waals surface area contributed by atoms with Gasteiger partial charge in [-0.25, -0.2) is 14.0 Å². The molecule has 5 nitrogen and oxygen atoms in total. The lowest BCUT2D eigenvalue weighted by atomic mass is 9.93. The maximum Gasteiger partial charge on any atom is 0.460 e. The molecule has 0 spiro atoms. The van der Waals surface area contributed by atoms with Crippen molar-refractivity contribution in [2.24, 2.45) is 0 Å². The number of benzene rings is 3. The maximum atomic E-state index is 15.0. The van der Waals surface area contributed by atoms with E-state index in [1.807, 2.05) is 0 Å². The van der Waals surface area contributed by atoms with Crippen LogP contribution < -0.4 is 9.47 Å². The van der Waals surface area contributed by atoms with Gasteiger partial charge in [-0.05, 0) is 73.9 Å². The highest BCUT2D eigenvalue weighted by Gasteiger charge is 2.90. The number of ether oxygens (including phenoxy) is 3. The number of halogens is 15. The van der Waals surface area contributed by atoms with Gasteiger partial charge in [0.15, 0.2) is 11.6 Å². The van der Waals surface area contributed by atoms with Gasteiger partial charge < -0.3 is 14.2 Å². The predicted molar refractivity (Wildman–Crippen MR) is 168 cm³/mol. The standard InChI is InChI=1S/C36H31F15O5/c1-3-4-5-6-7-20(2)55-26-17-16-25(27(37)28(26)38)21-8-10-23(11-9-21)30(53)56-24-14-12-22(13-15-24)29(52)54-19-18-31(39,40)32(41,42)33(43,44)34(45,46)35(47,48)36(49,50)51/h8-17,20H,3-7,18-19H2,1-2H3. The van der Waals surface area contributed by atoms with Crippen LogP contribution in [0.3, 0.4) is 0 Å². The van der Waals surface area contributed by atoms with Crippen molar-refractivity contribution in [3.8, 4) is 22.6 Å². The molecule has 3 rings (SSSR count). The highest BCUT2D eigenvalue weighted by atomic mass is 19.4. The van der Waals surface area contributed by atoms with Gasteiger partial charge in [-0.2, -0.15) is 61.5 Å². The number of hydrogen-bond acceptors (Lipinski definition) is 5. The Morgan fingerprint density at radius 2 is 1.16 bits per heavy atom. The summed E-state index contributed by atoms with van der Waals surface area (Å²) < 4.78 is 217. The van der Waals surface area contributed by atoms with E-state index in [0.717, 1.165) is 49.9 Å². The topological polar surface area (TPSA) is 61.8 Å². The summed E-state index contributed by atoms with van der Waals surface area (Å²) in [6, 6.07) is 11.1. The van der Waals surface area contributed by atoms with Crippen LogP contribution in [0.5, 0.6) is 11.5 Å². The molecule has 0 heterocycles. The minimum atomic E-state index is -8.05. The maximum absolute atomic E-state index is 15.0. The fourth-order valence-electron chi connectivity index (χ4n) is 4.91. The molecule has 3 aromatic carbocycles. The lowest BCUT2D eigenvalue weighted by molar-refractivity contribution is -0.440. The molecule has 0 amide bonds. The number of carbonyl (C=O) groups excluding carboxylic acids is 2. The average Bonchev–Trinajstić information content (AvgIpc) is 3.11. The van der Waals surface area contributed by atoms with Crippen LogP contribution >= 0.6 is 0 Å². The van der Waals surface area contributed by atoms with E-state index >= 15 is 0 Å². The third-order valence-corrected chi connectivity index (χ3v) is 8.22. The van der Waals surface area contributed by atoms with Crippen molar-refractivity contribution < 1.29 is 89.7 Å². The largest absolute Gasteiger partial charge is 0.488 e. The zero-order valence-corrected chi connectivity index (χ0v) is 29.0. The summed E-state index contributed by atoms with van der Waals surface area (Å²) in [5, 5.41) is 0. The Kier molecular flexibility index (Phi) is 14.1. The molecule has 56 heavy (non-hydrogen) atoms. The van der Waals surface area contributed by atoms with Crippen LogP contribution in [0.15, 0.2) is 60.7 Å². The summed E-state index contributed by atoms with van der Waals surface area (Å²) in [4.78, 5) is 24.8. The number of hydrogen-bond donors (Lipinski definition) is 0. The minimum absolute atomic E-state index is 0.0989. The molecular formula is C36H31F15O5. The van der Waals surface area contributed by atoms with Crippen molar-refractivity contribution in [3.05, 3.63) is 83.4 Å². The second-order valence-corrected chi connectivity index (χ2v) is 12.4. The van der Waals surface area contributed by atoms with E-state index in [-0.39, 0.29) is 34.3 Å². The molecule has 0 fully saturated rings. The summed E-state index contributed by atoms with van der Waals surface area (Å²) >= 11 is 0. The molecule has 3 aromatic rings. The minimum Gasteiger partial charge on any atom is -0.488 e. The molecule has 0 bridgehead atoms. The van der Waals surface area contributed by atoms with Crippen LogP contribution in [0.2, 0.25) is 0 Å². The Labute approximate surface area is 308 Å². The van der Waals surface area contributed by atoms with Crippen LogP contribution in [0.25, 0.3) is 11.1 Å². The van der Waals surface area contributed by atoms with Crippen LogP contribution in [0.4, 0.5) is 65.9 Å². The van der Waals surface area contributed by atoms with Gasteiger partial charge >= 0.3 is 47.7 Å². The number of unbranched alkanes of at least 4 members (excludes halogenated alkanes) is 3. The van der Waals surface area contributed by atoms with Gasteiger partial charge in [0.1, 0.15) is 5.75 Å². The summed E-state index contributed by atoms with van der Waals surface area (Å²) in [7, 11) is 0. The Bertz CT molecular complexity index is 1810. The van der Waals surface area contributed by atoms with Gasteiger partial charge in [0.2, 0.25) is 5.82 Å². The smallest absolute Gasteiger partial charge is 0.460 e. The lowest BCUT2D eigenvalue weighted by Crippen LogP contribution is -2.70. The Hall–Kier alpha value is -4.65. The van der Waals surface area contributed by atoms with E-state index < -0.39 is 78.0 Å². The van der Waals surface area contributed by atoms with Gasteiger partial charge in [-0.3, -0.25) is 0 Å². The second kappa shape index (κ2) is 17.2. The van der Waals surface area contributed by atoms with Crippen LogP contribution in [0, 0.1) is 11.6 Å². The first-order valence-electron chi connectivity index (χ1n) is 16.4. The number of carbonyl (C=O) groups is 2. The highest BCUT2D eigenvalue weighted by molar-refractivity contribution is 5.92. The van der Waals surface area contributed by atoms with Crippen molar-refractivity contribution in [3.63, 3.8) is 0 Å². The third-order valence-electron chi connectivity index (χ3n) is 8.22. The normalized spacial score (nSPS) is 13.7. The van der Waals surface area contributed by atoms with E-state index in [0.29, 0.717) is 6.42 Å². The molecule has 0 aromatic heterocycles. The molecule has 1 unspecified atom stereocenters. The molecule has 20 heteroatoms. The summed E-state index contributed by atoms with van der Waals surface area (Å²) in [5.74, 6) is -43.4. The fraction of sp³-hybridized carbons (Fsp3) is 0.444.